The van der Waals surface area contributed by atoms with E-state index in [-0.39, 0.29) is 11.3 Å². The van der Waals surface area contributed by atoms with Crippen molar-refractivity contribution in [1.82, 2.24) is 19.3 Å². The topological polar surface area (TPSA) is 157 Å². The Morgan fingerprint density at radius 1 is 1.20 bits per heavy atom. The highest BCUT2D eigenvalue weighted by Crippen LogP contribution is 2.46. The molecule has 0 radical (unpaired) electrons. The Kier molecular flexibility index (Phi) is 5.78. The minimum atomic E-state index is -3.61. The molecule has 4 heterocycles. The van der Waals surface area contributed by atoms with Crippen molar-refractivity contribution in [1.29, 1.82) is 0 Å². The number of aromatic nitrogens is 3. The molecule has 1 saturated heterocycles. The molecule has 1 aliphatic carbocycles. The number of amides is 1. The van der Waals surface area contributed by atoms with E-state index in [9.17, 15) is 13.2 Å². The number of carbonyl (C=O) groups is 1. The number of nitrogens with one attached hydrogen (secondary N) is 1. The molecular weight excluding hydrogens is 466 g/mol. The third-order valence-corrected chi connectivity index (χ3v) is 7.96. The number of pyridine rings is 3. The van der Waals surface area contributed by atoms with Crippen LogP contribution in [0.15, 0.2) is 48.4 Å². The maximum Gasteiger partial charge on any atom is 0.276 e. The molecule has 1 amide bonds. The van der Waals surface area contributed by atoms with Crippen molar-refractivity contribution in [3.05, 3.63) is 54.0 Å². The number of anilines is 2. The van der Waals surface area contributed by atoms with E-state index in [1.165, 1.54) is 4.31 Å². The van der Waals surface area contributed by atoms with Crippen molar-refractivity contribution in [3.8, 4) is 11.3 Å². The van der Waals surface area contributed by atoms with E-state index < -0.39 is 10.2 Å². The van der Waals surface area contributed by atoms with Crippen LogP contribution in [0, 0.1) is 12.3 Å². The molecule has 5 rings (SSSR count). The molecule has 10 nitrogen and oxygen atoms in total. The average Bonchev–Trinajstić information content (AvgIpc) is 2.77. The zero-order valence-electron chi connectivity index (χ0n) is 19.4. The number of aryl methyl sites for hydroxylation is 1. The number of nitrogens with zero attached hydrogens (tertiary/aromatic N) is 4. The van der Waals surface area contributed by atoms with Crippen LogP contribution in [0.5, 0.6) is 0 Å². The van der Waals surface area contributed by atoms with Crippen LogP contribution in [0.4, 0.5) is 11.6 Å². The number of nitrogens with two attached hydrogens (primary N) is 2. The molecule has 0 aromatic carbocycles. The van der Waals surface area contributed by atoms with E-state index in [1.807, 2.05) is 19.1 Å². The fraction of sp³-hybridized carbons (Fsp3) is 0.333. The molecule has 0 unspecified atom stereocenters. The Bertz CT molecular complexity index is 1450. The van der Waals surface area contributed by atoms with Gasteiger partial charge in [-0.3, -0.25) is 9.78 Å². The van der Waals surface area contributed by atoms with Crippen molar-refractivity contribution in [2.24, 2.45) is 10.6 Å². The summed E-state index contributed by atoms with van der Waals surface area (Å²) in [7, 11) is -3.61. The maximum atomic E-state index is 12.7. The summed E-state index contributed by atoms with van der Waals surface area (Å²) in [6, 6.07) is 5.61. The van der Waals surface area contributed by atoms with Gasteiger partial charge in [0.1, 0.15) is 11.6 Å². The lowest BCUT2D eigenvalue weighted by molar-refractivity contribution is -0.112. The molecule has 182 valence electrons. The van der Waals surface area contributed by atoms with Gasteiger partial charge in [0.15, 0.2) is 0 Å². The van der Waals surface area contributed by atoms with Crippen LogP contribution in [0.3, 0.4) is 0 Å². The maximum absolute atomic E-state index is 12.7. The Hall–Kier alpha value is -3.41. The Morgan fingerprint density at radius 2 is 1.94 bits per heavy atom. The van der Waals surface area contributed by atoms with Gasteiger partial charge in [-0.05, 0) is 67.2 Å². The standard InChI is InChI=1S/C24H27N7O3S/c1-15-4-7-27-11-18(15)20-9-17-10-21(28-12-19(17)23(25)29-20)30-22(32)8-16-2-5-24(6-3-16)13-31(14-24)35(26,33)34/h4,7-12H,2-3,5-6,13-14H2,1H3,(H2,25,29)(H2,26,33,34)(H,28,30,32). The fourth-order valence-corrected chi connectivity index (χ4v) is 5.81. The number of hydrogen-bond acceptors (Lipinski definition) is 7. The Labute approximate surface area is 203 Å². The molecule has 35 heavy (non-hydrogen) atoms. The predicted molar refractivity (Wildman–Crippen MR) is 134 cm³/mol. The summed E-state index contributed by atoms with van der Waals surface area (Å²) in [6.07, 6.45) is 9.92. The van der Waals surface area contributed by atoms with Gasteiger partial charge in [-0.2, -0.15) is 12.7 Å². The van der Waals surface area contributed by atoms with E-state index in [0.29, 0.717) is 35.8 Å². The van der Waals surface area contributed by atoms with Gasteiger partial charge in [-0.1, -0.05) is 5.57 Å². The lowest BCUT2D eigenvalue weighted by Gasteiger charge is -2.51. The van der Waals surface area contributed by atoms with Crippen LogP contribution in [-0.4, -0.2) is 46.7 Å². The van der Waals surface area contributed by atoms with Gasteiger partial charge in [0.25, 0.3) is 10.2 Å². The molecule has 5 N–H and O–H groups in total. The van der Waals surface area contributed by atoms with Gasteiger partial charge < -0.3 is 11.1 Å². The quantitative estimate of drug-likeness (QED) is 0.471. The van der Waals surface area contributed by atoms with Gasteiger partial charge in [0, 0.05) is 48.7 Å². The van der Waals surface area contributed by atoms with Crippen molar-refractivity contribution in [3.63, 3.8) is 0 Å². The van der Waals surface area contributed by atoms with Crippen LogP contribution in [-0.2, 0) is 15.0 Å². The number of hydrogen-bond donors (Lipinski definition) is 3. The Morgan fingerprint density at radius 3 is 2.63 bits per heavy atom. The SMILES string of the molecule is Cc1ccncc1-c1cc2cc(NC(=O)C=C3CCC4(CC3)CN(S(N)(=O)=O)C4)ncc2c(N)n1. The first kappa shape index (κ1) is 23.3. The number of allylic oxidation sites excluding steroid dienone is 1. The highest BCUT2D eigenvalue weighted by Gasteiger charge is 2.47. The fourth-order valence-electron chi connectivity index (χ4n) is 4.90. The van der Waals surface area contributed by atoms with Crippen LogP contribution in [0.2, 0.25) is 0 Å². The minimum Gasteiger partial charge on any atom is -0.383 e. The molecule has 0 atom stereocenters. The lowest BCUT2D eigenvalue weighted by atomic mass is 9.68. The first-order valence-corrected chi connectivity index (χ1v) is 12.9. The summed E-state index contributed by atoms with van der Waals surface area (Å²) < 4.78 is 24.2. The molecule has 2 aliphatic rings. The van der Waals surface area contributed by atoms with E-state index >= 15 is 0 Å². The number of carbonyl (C=O) groups excluding carboxylic acids is 1. The summed E-state index contributed by atoms with van der Waals surface area (Å²) in [4.78, 5) is 25.7. The number of nitrogen functional groups attached to an aromatic ring is 1. The molecule has 1 saturated carbocycles. The zero-order chi connectivity index (χ0) is 24.8. The van der Waals surface area contributed by atoms with Gasteiger partial charge in [0.05, 0.1) is 5.69 Å². The monoisotopic (exact) mass is 493 g/mol. The molecule has 3 aromatic rings. The largest absolute Gasteiger partial charge is 0.383 e. The van der Waals surface area contributed by atoms with Gasteiger partial charge in [0.2, 0.25) is 5.91 Å². The summed E-state index contributed by atoms with van der Waals surface area (Å²) in [5.41, 5.74) is 9.84. The van der Waals surface area contributed by atoms with Gasteiger partial charge >= 0.3 is 0 Å². The van der Waals surface area contributed by atoms with Crippen molar-refractivity contribution in [2.45, 2.75) is 32.6 Å². The summed E-state index contributed by atoms with van der Waals surface area (Å²) >= 11 is 0. The van der Waals surface area contributed by atoms with Gasteiger partial charge in [-0.25, -0.2) is 15.1 Å². The van der Waals surface area contributed by atoms with Crippen LogP contribution in [0.25, 0.3) is 22.0 Å². The molecule has 1 spiro atoms. The van der Waals surface area contributed by atoms with E-state index in [2.05, 4.69) is 20.3 Å². The molecule has 3 aromatic heterocycles. The molecule has 11 heteroatoms. The third-order valence-electron chi connectivity index (χ3n) is 6.98. The second-order valence-corrected chi connectivity index (χ2v) is 11.0. The molecular formula is C24H27N7O3S. The Balaban J connectivity index is 1.28. The van der Waals surface area contributed by atoms with E-state index in [1.54, 1.807) is 30.7 Å². The summed E-state index contributed by atoms with van der Waals surface area (Å²) in [6.45, 7) is 2.91. The van der Waals surface area contributed by atoms with Crippen LogP contribution in [0.1, 0.15) is 31.2 Å². The lowest BCUT2D eigenvalue weighted by Crippen LogP contribution is -2.60. The number of rotatable bonds is 4. The highest BCUT2D eigenvalue weighted by atomic mass is 32.2. The highest BCUT2D eigenvalue weighted by molar-refractivity contribution is 7.86. The predicted octanol–water partition coefficient (Wildman–Crippen LogP) is 2.53. The van der Waals surface area contributed by atoms with Crippen LogP contribution >= 0.6 is 0 Å². The zero-order valence-corrected chi connectivity index (χ0v) is 20.2. The summed E-state index contributed by atoms with van der Waals surface area (Å²) in [5, 5.41) is 9.57. The van der Waals surface area contributed by atoms with Crippen molar-refractivity contribution in [2.75, 3.05) is 24.1 Å². The normalized spacial score (nSPS) is 17.8. The minimum absolute atomic E-state index is 0.0154. The van der Waals surface area contributed by atoms with Crippen LogP contribution < -0.4 is 16.2 Å². The number of fused-ring (bicyclic) bond motifs is 1. The van der Waals surface area contributed by atoms with E-state index in [0.717, 1.165) is 47.8 Å². The first-order valence-electron chi connectivity index (χ1n) is 11.4. The van der Waals surface area contributed by atoms with E-state index in [4.69, 9.17) is 10.9 Å². The second-order valence-electron chi connectivity index (χ2n) is 9.48. The first-order chi connectivity index (χ1) is 16.6. The smallest absolute Gasteiger partial charge is 0.276 e. The van der Waals surface area contributed by atoms with Gasteiger partial charge in [-0.15, -0.1) is 0 Å². The second kappa shape index (κ2) is 8.67. The average molecular weight is 494 g/mol. The summed E-state index contributed by atoms with van der Waals surface area (Å²) in [5.74, 6) is 0.545. The van der Waals surface area contributed by atoms with Crippen molar-refractivity contribution < 1.29 is 13.2 Å². The molecule has 0 bridgehead atoms. The molecule has 2 fully saturated rings. The third kappa shape index (κ3) is 4.75. The molecule has 1 aliphatic heterocycles. The van der Waals surface area contributed by atoms with Crippen molar-refractivity contribution >= 4 is 38.5 Å².